The van der Waals surface area contributed by atoms with E-state index in [4.69, 9.17) is 4.74 Å². The summed E-state index contributed by atoms with van der Waals surface area (Å²) in [6.07, 6.45) is 6.79. The molecule has 0 spiro atoms. The minimum atomic E-state index is 0.666. The van der Waals surface area contributed by atoms with Crippen molar-refractivity contribution in [2.45, 2.75) is 38.6 Å². The topological polar surface area (TPSA) is 39.1 Å². The zero-order chi connectivity index (χ0) is 12.3. The maximum absolute atomic E-state index is 5.33. The minimum absolute atomic E-state index is 0.666. The molecule has 4 heteroatoms. The fourth-order valence-electron chi connectivity index (χ4n) is 2.46. The molecule has 0 aromatic carbocycles. The third-order valence-corrected chi connectivity index (χ3v) is 3.59. The fraction of sp³-hybridized carbons (Fsp3) is 0.769. The summed E-state index contributed by atoms with van der Waals surface area (Å²) in [7, 11) is 3.69. The van der Waals surface area contributed by atoms with E-state index in [2.05, 4.69) is 17.3 Å². The number of rotatable bonds is 7. The van der Waals surface area contributed by atoms with Crippen molar-refractivity contribution in [2.24, 2.45) is 13.0 Å². The highest BCUT2D eigenvalue weighted by atomic mass is 16.5. The number of methoxy groups -OCH3 is 1. The molecule has 1 heterocycles. The lowest BCUT2D eigenvalue weighted by Gasteiger charge is -2.17. The lowest BCUT2D eigenvalue weighted by molar-refractivity contribution is 0.399. The molecule has 1 saturated carbocycles. The lowest BCUT2D eigenvalue weighted by Crippen LogP contribution is -2.31. The van der Waals surface area contributed by atoms with Gasteiger partial charge in [0.1, 0.15) is 0 Å². The molecule has 1 N–H and O–H groups in total. The molecule has 1 fully saturated rings. The van der Waals surface area contributed by atoms with Gasteiger partial charge in [-0.15, -0.1) is 0 Å². The number of ether oxygens (including phenoxy) is 1. The minimum Gasteiger partial charge on any atom is -0.493 e. The van der Waals surface area contributed by atoms with Gasteiger partial charge in [-0.1, -0.05) is 6.92 Å². The average molecular weight is 237 g/mol. The Bertz CT molecular complexity index is 358. The van der Waals surface area contributed by atoms with Gasteiger partial charge in [-0.2, -0.15) is 5.10 Å². The van der Waals surface area contributed by atoms with Gasteiger partial charge in [-0.25, -0.2) is 0 Å². The van der Waals surface area contributed by atoms with Crippen molar-refractivity contribution >= 4 is 0 Å². The summed E-state index contributed by atoms with van der Waals surface area (Å²) in [4.78, 5) is 0. The quantitative estimate of drug-likeness (QED) is 0.785. The highest BCUT2D eigenvalue weighted by Gasteiger charge is 2.30. The SMILES string of the molecule is CCNC(CCc1c(OC)cnn1C)C1CC1. The molecule has 17 heavy (non-hydrogen) atoms. The first-order chi connectivity index (χ1) is 8.26. The number of nitrogens with one attached hydrogen (secondary N) is 1. The van der Waals surface area contributed by atoms with Crippen molar-refractivity contribution in [3.05, 3.63) is 11.9 Å². The van der Waals surface area contributed by atoms with Crippen LogP contribution in [0.3, 0.4) is 0 Å². The van der Waals surface area contributed by atoms with E-state index < -0.39 is 0 Å². The molecule has 2 rings (SSSR count). The summed E-state index contributed by atoms with van der Waals surface area (Å²) in [5, 5.41) is 7.84. The number of aromatic nitrogens is 2. The van der Waals surface area contributed by atoms with Crippen molar-refractivity contribution in [1.29, 1.82) is 0 Å². The number of hydrogen-bond donors (Lipinski definition) is 1. The van der Waals surface area contributed by atoms with Gasteiger partial charge in [0.25, 0.3) is 0 Å². The first-order valence-corrected chi connectivity index (χ1v) is 6.54. The second kappa shape index (κ2) is 5.54. The van der Waals surface area contributed by atoms with Crippen LogP contribution in [0.2, 0.25) is 0 Å². The summed E-state index contributed by atoms with van der Waals surface area (Å²) in [5.74, 6) is 1.81. The van der Waals surface area contributed by atoms with E-state index >= 15 is 0 Å². The number of aryl methyl sites for hydroxylation is 1. The summed E-state index contributed by atoms with van der Waals surface area (Å²) in [5.41, 5.74) is 1.20. The molecule has 1 aromatic heterocycles. The summed E-state index contributed by atoms with van der Waals surface area (Å²) in [6, 6.07) is 0.666. The van der Waals surface area contributed by atoms with Gasteiger partial charge in [-0.3, -0.25) is 4.68 Å². The molecule has 1 atom stereocenters. The van der Waals surface area contributed by atoms with E-state index in [1.54, 1.807) is 13.3 Å². The van der Waals surface area contributed by atoms with Crippen LogP contribution in [0.15, 0.2) is 6.20 Å². The molecule has 0 amide bonds. The Balaban J connectivity index is 1.93. The Hall–Kier alpha value is -1.03. The Morgan fingerprint density at radius 1 is 1.59 bits per heavy atom. The van der Waals surface area contributed by atoms with Crippen LogP contribution in [0.4, 0.5) is 0 Å². The van der Waals surface area contributed by atoms with Gasteiger partial charge >= 0.3 is 0 Å². The highest BCUT2D eigenvalue weighted by molar-refractivity contribution is 5.25. The first kappa shape index (κ1) is 12.4. The second-order valence-electron chi connectivity index (χ2n) is 4.82. The van der Waals surface area contributed by atoms with Crippen molar-refractivity contribution in [2.75, 3.05) is 13.7 Å². The van der Waals surface area contributed by atoms with Crippen molar-refractivity contribution in [3.63, 3.8) is 0 Å². The zero-order valence-corrected chi connectivity index (χ0v) is 11.1. The Morgan fingerprint density at radius 2 is 2.35 bits per heavy atom. The van der Waals surface area contributed by atoms with Gasteiger partial charge < -0.3 is 10.1 Å². The highest BCUT2D eigenvalue weighted by Crippen LogP contribution is 2.34. The number of hydrogen-bond acceptors (Lipinski definition) is 3. The monoisotopic (exact) mass is 237 g/mol. The molecule has 0 radical (unpaired) electrons. The predicted molar refractivity (Wildman–Crippen MR) is 68.3 cm³/mol. The molecule has 1 unspecified atom stereocenters. The third-order valence-electron chi connectivity index (χ3n) is 3.59. The molecule has 1 aliphatic rings. The van der Waals surface area contributed by atoms with Crippen LogP contribution in [0.1, 0.15) is 31.9 Å². The van der Waals surface area contributed by atoms with Crippen LogP contribution >= 0.6 is 0 Å². The summed E-state index contributed by atoms with van der Waals surface area (Å²) < 4.78 is 7.26. The molecule has 1 aliphatic carbocycles. The van der Waals surface area contributed by atoms with Crippen LogP contribution in [0.5, 0.6) is 5.75 Å². The predicted octanol–water partition coefficient (Wildman–Crippen LogP) is 1.75. The van der Waals surface area contributed by atoms with Crippen LogP contribution in [-0.2, 0) is 13.5 Å². The molecule has 0 bridgehead atoms. The normalized spacial score (nSPS) is 17.1. The standard InChI is InChI=1S/C13H23N3O/c1-4-14-11(10-5-6-10)7-8-12-13(17-3)9-15-16(12)2/h9-11,14H,4-8H2,1-3H3. The molecule has 4 nitrogen and oxygen atoms in total. The molecular weight excluding hydrogens is 214 g/mol. The third kappa shape index (κ3) is 3.00. The summed E-state index contributed by atoms with van der Waals surface area (Å²) >= 11 is 0. The molecule has 96 valence electrons. The van der Waals surface area contributed by atoms with E-state index in [0.717, 1.165) is 24.6 Å². The molecule has 0 aliphatic heterocycles. The van der Waals surface area contributed by atoms with Gasteiger partial charge in [0.15, 0.2) is 5.75 Å². The first-order valence-electron chi connectivity index (χ1n) is 6.54. The van der Waals surface area contributed by atoms with Crippen LogP contribution in [0.25, 0.3) is 0 Å². The van der Waals surface area contributed by atoms with Crippen molar-refractivity contribution < 1.29 is 4.74 Å². The van der Waals surface area contributed by atoms with E-state index in [0.29, 0.717) is 6.04 Å². The smallest absolute Gasteiger partial charge is 0.159 e. The molecule has 1 aromatic rings. The Labute approximate surface area is 103 Å². The number of nitrogens with zero attached hydrogens (tertiary/aromatic N) is 2. The Morgan fingerprint density at radius 3 is 2.94 bits per heavy atom. The zero-order valence-electron chi connectivity index (χ0n) is 11.1. The van der Waals surface area contributed by atoms with Crippen LogP contribution in [0, 0.1) is 5.92 Å². The summed E-state index contributed by atoms with van der Waals surface area (Å²) in [6.45, 7) is 3.24. The molecular formula is C13H23N3O. The second-order valence-corrected chi connectivity index (χ2v) is 4.82. The largest absolute Gasteiger partial charge is 0.493 e. The average Bonchev–Trinajstić information content (AvgIpc) is 3.10. The van der Waals surface area contributed by atoms with Crippen molar-refractivity contribution in [1.82, 2.24) is 15.1 Å². The Kier molecular flexibility index (Phi) is 4.05. The van der Waals surface area contributed by atoms with Gasteiger partial charge in [0.2, 0.25) is 0 Å². The maximum atomic E-state index is 5.33. The maximum Gasteiger partial charge on any atom is 0.159 e. The van der Waals surface area contributed by atoms with Crippen molar-refractivity contribution in [3.8, 4) is 5.75 Å². The van der Waals surface area contributed by atoms with Gasteiger partial charge in [0.05, 0.1) is 19.0 Å². The van der Waals surface area contributed by atoms with Gasteiger partial charge in [0, 0.05) is 13.1 Å². The van der Waals surface area contributed by atoms with Gasteiger partial charge in [-0.05, 0) is 38.1 Å². The van der Waals surface area contributed by atoms with E-state index in [1.807, 2.05) is 11.7 Å². The fourth-order valence-corrected chi connectivity index (χ4v) is 2.46. The van der Waals surface area contributed by atoms with E-state index in [-0.39, 0.29) is 0 Å². The van der Waals surface area contributed by atoms with E-state index in [9.17, 15) is 0 Å². The molecule has 0 saturated heterocycles. The van der Waals surface area contributed by atoms with E-state index in [1.165, 1.54) is 25.0 Å². The lowest BCUT2D eigenvalue weighted by atomic mass is 10.0. The van der Waals surface area contributed by atoms with Crippen LogP contribution < -0.4 is 10.1 Å². The van der Waals surface area contributed by atoms with Crippen LogP contribution in [-0.4, -0.2) is 29.5 Å².